The molecular formula is C20H25N3OS. The van der Waals surface area contributed by atoms with E-state index in [1.807, 2.05) is 61.6 Å². The molecule has 0 aliphatic rings. The monoisotopic (exact) mass is 355 g/mol. The van der Waals surface area contributed by atoms with Gasteiger partial charge in [0, 0.05) is 13.6 Å². The van der Waals surface area contributed by atoms with Crippen molar-refractivity contribution in [3.8, 4) is 5.75 Å². The van der Waals surface area contributed by atoms with Crippen molar-refractivity contribution in [1.29, 1.82) is 0 Å². The number of nitrogens with zero attached hydrogens (tertiary/aromatic N) is 2. The Bertz CT molecular complexity index is 688. The summed E-state index contributed by atoms with van der Waals surface area (Å²) in [4.78, 5) is 0. The van der Waals surface area contributed by atoms with Gasteiger partial charge in [0.25, 0.3) is 0 Å². The molecule has 0 aromatic heterocycles. The summed E-state index contributed by atoms with van der Waals surface area (Å²) >= 11 is 5.30. The van der Waals surface area contributed by atoms with Crippen molar-refractivity contribution in [2.24, 2.45) is 5.10 Å². The maximum Gasteiger partial charge on any atom is 0.189 e. The minimum atomic E-state index is 0.548. The molecule has 0 fully saturated rings. The van der Waals surface area contributed by atoms with Gasteiger partial charge in [-0.15, -0.1) is 0 Å². The van der Waals surface area contributed by atoms with Crippen molar-refractivity contribution < 1.29 is 4.74 Å². The molecule has 0 saturated carbocycles. The minimum absolute atomic E-state index is 0.548. The third-order valence-corrected chi connectivity index (χ3v) is 4.00. The molecule has 0 aliphatic carbocycles. The maximum atomic E-state index is 5.84. The molecule has 0 amide bonds. The summed E-state index contributed by atoms with van der Waals surface area (Å²) in [6, 6.07) is 18.0. The number of hydrogen-bond acceptors (Lipinski definition) is 3. The number of benzene rings is 2. The first-order valence-corrected chi connectivity index (χ1v) is 8.92. The highest BCUT2D eigenvalue weighted by molar-refractivity contribution is 7.80. The van der Waals surface area contributed by atoms with Crippen molar-refractivity contribution in [1.82, 2.24) is 10.3 Å². The van der Waals surface area contributed by atoms with E-state index in [-0.39, 0.29) is 0 Å². The standard InChI is InChI=1S/C20H25N3OS/c1-3-4-13-21-20(25)23(2)22-15-18-11-8-12-19(14-18)24-16-17-9-6-5-7-10-17/h5-12,14-15H,3-4,13,16H2,1-2H3,(H,21,25)/b22-15-. The lowest BCUT2D eigenvalue weighted by atomic mass is 10.2. The summed E-state index contributed by atoms with van der Waals surface area (Å²) < 4.78 is 5.84. The maximum absolute atomic E-state index is 5.84. The van der Waals surface area contributed by atoms with Gasteiger partial charge in [0.05, 0.1) is 6.21 Å². The fraction of sp³-hybridized carbons (Fsp3) is 0.300. The fourth-order valence-electron chi connectivity index (χ4n) is 2.12. The van der Waals surface area contributed by atoms with Crippen molar-refractivity contribution in [2.75, 3.05) is 13.6 Å². The predicted octanol–water partition coefficient (Wildman–Crippen LogP) is 4.21. The van der Waals surface area contributed by atoms with Crippen molar-refractivity contribution in [3.63, 3.8) is 0 Å². The Labute approximate surface area is 155 Å². The molecule has 4 nitrogen and oxygen atoms in total. The highest BCUT2D eigenvalue weighted by Gasteiger charge is 2.01. The van der Waals surface area contributed by atoms with Gasteiger partial charge in [-0.3, -0.25) is 0 Å². The molecule has 2 aromatic rings. The van der Waals surface area contributed by atoms with Gasteiger partial charge in [0.2, 0.25) is 0 Å². The fourth-order valence-corrected chi connectivity index (χ4v) is 2.27. The number of ether oxygens (including phenoxy) is 1. The molecular weight excluding hydrogens is 330 g/mol. The number of hydrogen-bond donors (Lipinski definition) is 1. The summed E-state index contributed by atoms with van der Waals surface area (Å²) in [5.41, 5.74) is 2.11. The molecule has 132 valence electrons. The van der Waals surface area contributed by atoms with Crippen LogP contribution in [0.3, 0.4) is 0 Å². The lowest BCUT2D eigenvalue weighted by Gasteiger charge is -2.15. The lowest BCUT2D eigenvalue weighted by molar-refractivity contribution is 0.306. The number of hydrazone groups is 1. The van der Waals surface area contributed by atoms with Crippen molar-refractivity contribution >= 4 is 23.5 Å². The molecule has 0 radical (unpaired) electrons. The lowest BCUT2D eigenvalue weighted by Crippen LogP contribution is -2.34. The highest BCUT2D eigenvalue weighted by Crippen LogP contribution is 2.14. The molecule has 0 heterocycles. The Morgan fingerprint density at radius 1 is 1.20 bits per heavy atom. The number of nitrogens with one attached hydrogen (secondary N) is 1. The normalized spacial score (nSPS) is 10.6. The summed E-state index contributed by atoms with van der Waals surface area (Å²) in [6.45, 7) is 3.57. The Morgan fingerprint density at radius 3 is 2.76 bits per heavy atom. The van der Waals surface area contributed by atoms with Gasteiger partial charge < -0.3 is 10.1 Å². The van der Waals surface area contributed by atoms with Crippen LogP contribution in [0.4, 0.5) is 0 Å². The van der Waals surface area contributed by atoms with E-state index < -0.39 is 0 Å². The van der Waals surface area contributed by atoms with Crippen LogP contribution >= 0.6 is 12.2 Å². The zero-order valence-corrected chi connectivity index (χ0v) is 15.6. The molecule has 0 bridgehead atoms. The van der Waals surface area contributed by atoms with Crippen LogP contribution in [0.25, 0.3) is 0 Å². The van der Waals surface area contributed by atoms with E-state index >= 15 is 0 Å². The van der Waals surface area contributed by atoms with Gasteiger partial charge in [-0.05, 0) is 41.9 Å². The van der Waals surface area contributed by atoms with E-state index in [9.17, 15) is 0 Å². The Hall–Kier alpha value is -2.40. The smallest absolute Gasteiger partial charge is 0.189 e. The minimum Gasteiger partial charge on any atom is -0.489 e. The molecule has 0 saturated heterocycles. The van der Waals surface area contributed by atoms with Gasteiger partial charge in [0.1, 0.15) is 12.4 Å². The molecule has 0 atom stereocenters. The van der Waals surface area contributed by atoms with E-state index in [1.165, 1.54) is 0 Å². The van der Waals surface area contributed by atoms with Gasteiger partial charge in [-0.2, -0.15) is 5.10 Å². The second-order valence-electron chi connectivity index (χ2n) is 5.70. The molecule has 5 heteroatoms. The topological polar surface area (TPSA) is 36.9 Å². The number of rotatable bonds is 8. The van der Waals surface area contributed by atoms with Crippen molar-refractivity contribution in [3.05, 3.63) is 65.7 Å². The summed E-state index contributed by atoms with van der Waals surface area (Å²) in [6.07, 6.45) is 4.01. The summed E-state index contributed by atoms with van der Waals surface area (Å²) in [5, 5.41) is 9.87. The molecule has 1 N–H and O–H groups in total. The Morgan fingerprint density at radius 2 is 2.00 bits per heavy atom. The molecule has 25 heavy (non-hydrogen) atoms. The van der Waals surface area contributed by atoms with Crippen LogP contribution in [0.2, 0.25) is 0 Å². The highest BCUT2D eigenvalue weighted by atomic mass is 32.1. The predicted molar refractivity (Wildman–Crippen MR) is 108 cm³/mol. The zero-order chi connectivity index (χ0) is 17.9. The molecule has 0 aliphatic heterocycles. The second-order valence-corrected chi connectivity index (χ2v) is 6.09. The van der Waals surface area contributed by atoms with E-state index in [4.69, 9.17) is 17.0 Å². The van der Waals surface area contributed by atoms with E-state index in [1.54, 1.807) is 11.2 Å². The van der Waals surface area contributed by atoms with Crippen molar-refractivity contribution in [2.45, 2.75) is 26.4 Å². The van der Waals surface area contributed by atoms with E-state index in [2.05, 4.69) is 17.3 Å². The van der Waals surface area contributed by atoms with Gasteiger partial charge >= 0.3 is 0 Å². The average molecular weight is 356 g/mol. The quantitative estimate of drug-likeness (QED) is 0.333. The van der Waals surface area contributed by atoms with Gasteiger partial charge in [-0.25, -0.2) is 5.01 Å². The van der Waals surface area contributed by atoms with Crippen LogP contribution in [0.1, 0.15) is 30.9 Å². The molecule has 2 rings (SSSR count). The molecule has 0 unspecified atom stereocenters. The summed E-state index contributed by atoms with van der Waals surface area (Å²) in [5.74, 6) is 0.819. The zero-order valence-electron chi connectivity index (χ0n) is 14.8. The average Bonchev–Trinajstić information content (AvgIpc) is 2.65. The third-order valence-electron chi connectivity index (χ3n) is 3.59. The second kappa shape index (κ2) is 10.5. The Kier molecular flexibility index (Phi) is 7.92. The Balaban J connectivity index is 1.88. The third kappa shape index (κ3) is 6.93. The summed E-state index contributed by atoms with van der Waals surface area (Å²) in [7, 11) is 1.84. The molecule has 0 spiro atoms. The number of unbranched alkanes of at least 4 members (excludes halogenated alkanes) is 1. The first-order valence-electron chi connectivity index (χ1n) is 8.51. The number of thiocarbonyl (C=S) groups is 1. The molecule has 2 aromatic carbocycles. The van der Waals surface area contributed by atoms with Gasteiger partial charge in [0.15, 0.2) is 5.11 Å². The van der Waals surface area contributed by atoms with Gasteiger partial charge in [-0.1, -0.05) is 55.8 Å². The van der Waals surface area contributed by atoms with Crippen LogP contribution in [0.5, 0.6) is 5.75 Å². The first-order chi connectivity index (χ1) is 12.2. The van der Waals surface area contributed by atoms with E-state index in [0.29, 0.717) is 11.7 Å². The largest absolute Gasteiger partial charge is 0.489 e. The van der Waals surface area contributed by atoms with Crippen LogP contribution in [-0.2, 0) is 6.61 Å². The van der Waals surface area contributed by atoms with Crippen LogP contribution in [-0.4, -0.2) is 29.9 Å². The van der Waals surface area contributed by atoms with Crippen LogP contribution in [0.15, 0.2) is 59.7 Å². The first kappa shape index (κ1) is 18.9. The SMILES string of the molecule is CCCCNC(=S)N(C)/N=C\c1cccc(OCc2ccccc2)c1. The van der Waals surface area contributed by atoms with Crippen LogP contribution < -0.4 is 10.1 Å². The van der Waals surface area contributed by atoms with E-state index in [0.717, 1.165) is 36.3 Å². The van der Waals surface area contributed by atoms with Crippen LogP contribution in [0, 0.1) is 0 Å².